The van der Waals surface area contributed by atoms with Crippen molar-refractivity contribution in [1.29, 1.82) is 0 Å². The van der Waals surface area contributed by atoms with E-state index in [-0.39, 0.29) is 5.56 Å². The van der Waals surface area contributed by atoms with Crippen LogP contribution in [0.25, 0.3) is 0 Å². The van der Waals surface area contributed by atoms with E-state index in [1.807, 2.05) is 6.92 Å². The number of Topliss-reactive ketones (excluding diaryl/α,β-unsaturated/α-hetero) is 1. The summed E-state index contributed by atoms with van der Waals surface area (Å²) < 4.78 is 17.7. The molecule has 0 spiro atoms. The SMILES string of the molecule is CCCC[C@]1(C)NC(=O)N(CC(=O)OCC(=O)c2ccc(F)cc2)C1=O. The lowest BCUT2D eigenvalue weighted by atomic mass is 9.95. The molecule has 0 aromatic heterocycles. The molecule has 0 bridgehead atoms. The molecule has 1 atom stereocenters. The maximum Gasteiger partial charge on any atom is 0.326 e. The molecule has 3 amide bonds. The van der Waals surface area contributed by atoms with Gasteiger partial charge in [-0.3, -0.25) is 19.3 Å². The van der Waals surface area contributed by atoms with Crippen LogP contribution in [0.1, 0.15) is 43.5 Å². The highest BCUT2D eigenvalue weighted by molar-refractivity contribution is 6.08. The molecule has 26 heavy (non-hydrogen) atoms. The zero-order chi connectivity index (χ0) is 19.3. The molecule has 1 fully saturated rings. The van der Waals surface area contributed by atoms with Crippen LogP contribution >= 0.6 is 0 Å². The number of imide groups is 1. The molecule has 0 unspecified atom stereocenters. The zero-order valence-corrected chi connectivity index (χ0v) is 14.7. The number of esters is 1. The summed E-state index contributed by atoms with van der Waals surface area (Å²) in [5.74, 6) is -2.35. The van der Waals surface area contributed by atoms with E-state index in [1.165, 1.54) is 12.1 Å². The van der Waals surface area contributed by atoms with E-state index in [2.05, 4.69) is 5.32 Å². The maximum atomic E-state index is 12.8. The topological polar surface area (TPSA) is 92.8 Å². The van der Waals surface area contributed by atoms with Crippen molar-refractivity contribution in [3.63, 3.8) is 0 Å². The van der Waals surface area contributed by atoms with E-state index in [0.29, 0.717) is 6.42 Å². The summed E-state index contributed by atoms with van der Waals surface area (Å²) >= 11 is 0. The number of hydrogen-bond donors (Lipinski definition) is 1. The molecule has 0 aliphatic carbocycles. The van der Waals surface area contributed by atoms with Gasteiger partial charge in [0.1, 0.15) is 17.9 Å². The van der Waals surface area contributed by atoms with Gasteiger partial charge in [0, 0.05) is 5.56 Å². The highest BCUT2D eigenvalue weighted by atomic mass is 19.1. The highest BCUT2D eigenvalue weighted by Crippen LogP contribution is 2.23. The Hall–Kier alpha value is -2.77. The van der Waals surface area contributed by atoms with Crippen LogP contribution in [-0.2, 0) is 14.3 Å². The van der Waals surface area contributed by atoms with Gasteiger partial charge in [0.2, 0.25) is 0 Å². The molecule has 1 aliphatic rings. The summed E-state index contributed by atoms with van der Waals surface area (Å²) in [6.45, 7) is 2.47. The van der Waals surface area contributed by atoms with Gasteiger partial charge in [0.15, 0.2) is 12.4 Å². The quantitative estimate of drug-likeness (QED) is 0.433. The van der Waals surface area contributed by atoms with Crippen LogP contribution in [0.4, 0.5) is 9.18 Å². The molecule has 0 saturated carbocycles. The molecule has 8 heteroatoms. The lowest BCUT2D eigenvalue weighted by Gasteiger charge is -2.21. The minimum Gasteiger partial charge on any atom is -0.456 e. The van der Waals surface area contributed by atoms with Crippen LogP contribution in [0.2, 0.25) is 0 Å². The number of hydrogen-bond acceptors (Lipinski definition) is 5. The first kappa shape index (κ1) is 19.6. The molecule has 1 aromatic rings. The highest BCUT2D eigenvalue weighted by Gasteiger charge is 2.47. The molecule has 1 heterocycles. The van der Waals surface area contributed by atoms with Gasteiger partial charge >= 0.3 is 12.0 Å². The van der Waals surface area contributed by atoms with Crippen molar-refractivity contribution < 1.29 is 28.3 Å². The van der Waals surface area contributed by atoms with Crippen molar-refractivity contribution in [1.82, 2.24) is 10.2 Å². The minimum atomic E-state index is -1.03. The molecule has 1 N–H and O–H groups in total. The van der Waals surface area contributed by atoms with E-state index in [9.17, 15) is 23.6 Å². The number of ketones is 1. The number of halogens is 1. The second-order valence-electron chi connectivity index (χ2n) is 6.35. The smallest absolute Gasteiger partial charge is 0.326 e. The Kier molecular flexibility index (Phi) is 6.07. The number of ether oxygens (including phenoxy) is 1. The molecule has 0 radical (unpaired) electrons. The molecular formula is C18H21FN2O5. The van der Waals surface area contributed by atoms with Gasteiger partial charge < -0.3 is 10.1 Å². The predicted octanol–water partition coefficient (Wildman–Crippen LogP) is 2.05. The van der Waals surface area contributed by atoms with Crippen LogP contribution in [0, 0.1) is 5.82 Å². The van der Waals surface area contributed by atoms with Gasteiger partial charge in [-0.15, -0.1) is 0 Å². The first-order valence-corrected chi connectivity index (χ1v) is 8.35. The number of benzene rings is 1. The van der Waals surface area contributed by atoms with E-state index < -0.39 is 48.2 Å². The van der Waals surface area contributed by atoms with Crippen LogP contribution in [0.15, 0.2) is 24.3 Å². The average molecular weight is 364 g/mol. The number of rotatable bonds is 8. The van der Waals surface area contributed by atoms with Crippen LogP contribution < -0.4 is 5.32 Å². The summed E-state index contributed by atoms with van der Waals surface area (Å²) in [4.78, 5) is 49.0. The fraction of sp³-hybridized carbons (Fsp3) is 0.444. The number of urea groups is 1. The fourth-order valence-corrected chi connectivity index (χ4v) is 2.63. The largest absolute Gasteiger partial charge is 0.456 e. The lowest BCUT2D eigenvalue weighted by Crippen LogP contribution is -2.44. The monoisotopic (exact) mass is 364 g/mol. The lowest BCUT2D eigenvalue weighted by molar-refractivity contribution is -0.146. The number of nitrogens with one attached hydrogen (secondary N) is 1. The van der Waals surface area contributed by atoms with Gasteiger partial charge in [-0.1, -0.05) is 19.8 Å². The predicted molar refractivity (Wildman–Crippen MR) is 89.9 cm³/mol. The Morgan fingerprint density at radius 2 is 1.88 bits per heavy atom. The number of carbonyl (C=O) groups excluding carboxylic acids is 4. The average Bonchev–Trinajstić information content (AvgIpc) is 2.82. The normalized spacial score (nSPS) is 19.4. The molecule has 1 aliphatic heterocycles. The Bertz CT molecular complexity index is 719. The summed E-state index contributed by atoms with van der Waals surface area (Å²) in [6, 6.07) is 4.15. The van der Waals surface area contributed by atoms with Crippen molar-refractivity contribution in [2.24, 2.45) is 0 Å². The summed E-state index contributed by atoms with van der Waals surface area (Å²) in [5.41, 5.74) is -0.835. The molecule has 2 rings (SSSR count). The van der Waals surface area contributed by atoms with Crippen molar-refractivity contribution in [2.75, 3.05) is 13.2 Å². The number of carbonyl (C=O) groups is 4. The van der Waals surface area contributed by atoms with E-state index in [0.717, 1.165) is 29.9 Å². The number of amides is 3. The molecule has 1 saturated heterocycles. The maximum absolute atomic E-state index is 12.8. The van der Waals surface area contributed by atoms with Gasteiger partial charge in [0.05, 0.1) is 0 Å². The zero-order valence-electron chi connectivity index (χ0n) is 14.7. The molecule has 140 valence electrons. The summed E-state index contributed by atoms with van der Waals surface area (Å²) in [7, 11) is 0. The van der Waals surface area contributed by atoms with E-state index in [4.69, 9.17) is 4.74 Å². The molecular weight excluding hydrogens is 343 g/mol. The third-order valence-electron chi connectivity index (χ3n) is 4.19. The van der Waals surface area contributed by atoms with E-state index in [1.54, 1.807) is 6.92 Å². The summed E-state index contributed by atoms with van der Waals surface area (Å²) in [5, 5.41) is 2.59. The molecule has 7 nitrogen and oxygen atoms in total. The fourth-order valence-electron chi connectivity index (χ4n) is 2.63. The van der Waals surface area contributed by atoms with Crippen LogP contribution in [0.5, 0.6) is 0 Å². The first-order chi connectivity index (χ1) is 12.3. The molecule has 1 aromatic carbocycles. The van der Waals surface area contributed by atoms with Crippen molar-refractivity contribution >= 4 is 23.7 Å². The number of nitrogens with zero attached hydrogens (tertiary/aromatic N) is 1. The van der Waals surface area contributed by atoms with E-state index >= 15 is 0 Å². The Morgan fingerprint density at radius 1 is 1.23 bits per heavy atom. The summed E-state index contributed by atoms with van der Waals surface area (Å²) in [6.07, 6.45) is 2.10. The van der Waals surface area contributed by atoms with Crippen molar-refractivity contribution in [3.8, 4) is 0 Å². The van der Waals surface area contributed by atoms with Crippen molar-refractivity contribution in [2.45, 2.75) is 38.6 Å². The van der Waals surface area contributed by atoms with Crippen molar-refractivity contribution in [3.05, 3.63) is 35.6 Å². The Labute approximate surface area is 150 Å². The van der Waals surface area contributed by atoms with Gasteiger partial charge in [-0.25, -0.2) is 9.18 Å². The Morgan fingerprint density at radius 3 is 2.50 bits per heavy atom. The Balaban J connectivity index is 1.89. The second-order valence-corrected chi connectivity index (χ2v) is 6.35. The number of unbranched alkanes of at least 4 members (excludes halogenated alkanes) is 1. The van der Waals surface area contributed by atoms with Crippen LogP contribution in [0.3, 0.4) is 0 Å². The van der Waals surface area contributed by atoms with Gasteiger partial charge in [-0.2, -0.15) is 0 Å². The minimum absolute atomic E-state index is 0.196. The third-order valence-corrected chi connectivity index (χ3v) is 4.19. The second kappa shape index (κ2) is 8.07. The van der Waals surface area contributed by atoms with Gasteiger partial charge in [0.25, 0.3) is 5.91 Å². The third kappa shape index (κ3) is 4.44. The first-order valence-electron chi connectivity index (χ1n) is 8.35. The van der Waals surface area contributed by atoms with Crippen LogP contribution in [-0.4, -0.2) is 47.3 Å². The standard InChI is InChI=1S/C18H21FN2O5/c1-3-4-9-18(2)16(24)21(17(25)20-18)10-15(23)26-11-14(22)12-5-7-13(19)8-6-12/h5-8H,3-4,9-11H2,1-2H3,(H,20,25)/t18-/m0/s1. The van der Waals surface area contributed by atoms with Gasteiger partial charge in [-0.05, 0) is 37.6 Å².